The van der Waals surface area contributed by atoms with E-state index in [0.29, 0.717) is 18.1 Å². The lowest BCUT2D eigenvalue weighted by atomic mass is 10.1. The fourth-order valence-corrected chi connectivity index (χ4v) is 1.38. The first-order valence-corrected chi connectivity index (χ1v) is 4.40. The molecule has 0 spiro atoms. The van der Waals surface area contributed by atoms with Crippen LogP contribution in [0.25, 0.3) is 0 Å². The second-order valence-electron chi connectivity index (χ2n) is 3.74. The van der Waals surface area contributed by atoms with Crippen LogP contribution in [-0.2, 0) is 9.47 Å². The standard InChI is InChI=1S/C9H18O2/c1-6(2)9-10-7(3)5-8(4)11-9/h6-9H,5H2,1-4H3. The van der Waals surface area contributed by atoms with Gasteiger partial charge in [-0.2, -0.15) is 0 Å². The van der Waals surface area contributed by atoms with E-state index in [-0.39, 0.29) is 6.29 Å². The van der Waals surface area contributed by atoms with Gasteiger partial charge in [0, 0.05) is 5.92 Å². The molecule has 0 aromatic carbocycles. The van der Waals surface area contributed by atoms with Gasteiger partial charge in [-0.05, 0) is 20.3 Å². The van der Waals surface area contributed by atoms with Gasteiger partial charge < -0.3 is 9.47 Å². The Balaban J connectivity index is 2.43. The molecule has 1 saturated heterocycles. The molecule has 66 valence electrons. The van der Waals surface area contributed by atoms with Gasteiger partial charge in [-0.1, -0.05) is 13.8 Å². The molecule has 0 amide bonds. The predicted octanol–water partition coefficient (Wildman–Crippen LogP) is 2.18. The van der Waals surface area contributed by atoms with Gasteiger partial charge in [0.05, 0.1) is 12.2 Å². The average Bonchev–Trinajstić information content (AvgIpc) is 1.85. The van der Waals surface area contributed by atoms with Crippen LogP contribution in [0.3, 0.4) is 0 Å². The maximum Gasteiger partial charge on any atom is 0.160 e. The molecule has 0 N–H and O–H groups in total. The third-order valence-electron chi connectivity index (χ3n) is 1.94. The Bertz CT molecular complexity index is 113. The van der Waals surface area contributed by atoms with Crippen molar-refractivity contribution in [1.29, 1.82) is 0 Å². The Morgan fingerprint density at radius 2 is 1.55 bits per heavy atom. The van der Waals surface area contributed by atoms with Crippen molar-refractivity contribution in [3.8, 4) is 0 Å². The number of hydrogen-bond acceptors (Lipinski definition) is 2. The van der Waals surface area contributed by atoms with Crippen LogP contribution < -0.4 is 0 Å². The van der Waals surface area contributed by atoms with E-state index in [2.05, 4.69) is 27.7 Å². The first-order valence-electron chi connectivity index (χ1n) is 4.40. The summed E-state index contributed by atoms with van der Waals surface area (Å²) in [6, 6.07) is 0. The normalized spacial score (nSPS) is 39.5. The highest BCUT2D eigenvalue weighted by Crippen LogP contribution is 2.22. The van der Waals surface area contributed by atoms with Crippen LogP contribution in [0.5, 0.6) is 0 Å². The molecular weight excluding hydrogens is 140 g/mol. The van der Waals surface area contributed by atoms with E-state index in [0.717, 1.165) is 6.42 Å². The Morgan fingerprint density at radius 3 is 1.91 bits per heavy atom. The van der Waals surface area contributed by atoms with Crippen molar-refractivity contribution >= 4 is 0 Å². The zero-order chi connectivity index (χ0) is 8.43. The van der Waals surface area contributed by atoms with E-state index in [4.69, 9.17) is 9.47 Å². The van der Waals surface area contributed by atoms with E-state index in [9.17, 15) is 0 Å². The summed E-state index contributed by atoms with van der Waals surface area (Å²) >= 11 is 0. The molecule has 0 aromatic heterocycles. The lowest BCUT2D eigenvalue weighted by Crippen LogP contribution is -2.38. The minimum atomic E-state index is 0.00810. The molecule has 1 aliphatic rings. The molecule has 1 rings (SSSR count). The molecule has 0 saturated carbocycles. The fourth-order valence-electron chi connectivity index (χ4n) is 1.38. The maximum absolute atomic E-state index is 5.60. The zero-order valence-electron chi connectivity index (χ0n) is 7.83. The van der Waals surface area contributed by atoms with Gasteiger partial charge in [0.1, 0.15) is 0 Å². The van der Waals surface area contributed by atoms with E-state index >= 15 is 0 Å². The monoisotopic (exact) mass is 158 g/mol. The Hall–Kier alpha value is -0.0800. The van der Waals surface area contributed by atoms with Crippen molar-refractivity contribution in [2.45, 2.75) is 52.6 Å². The minimum Gasteiger partial charge on any atom is -0.349 e. The average molecular weight is 158 g/mol. The van der Waals surface area contributed by atoms with Crippen LogP contribution in [0.4, 0.5) is 0 Å². The molecule has 1 heterocycles. The van der Waals surface area contributed by atoms with Crippen LogP contribution in [0, 0.1) is 5.92 Å². The van der Waals surface area contributed by atoms with Gasteiger partial charge in [0.25, 0.3) is 0 Å². The molecule has 11 heavy (non-hydrogen) atoms. The van der Waals surface area contributed by atoms with Gasteiger partial charge in [-0.15, -0.1) is 0 Å². The summed E-state index contributed by atoms with van der Waals surface area (Å²) in [4.78, 5) is 0. The van der Waals surface area contributed by atoms with Crippen LogP contribution in [0.2, 0.25) is 0 Å². The summed E-state index contributed by atoms with van der Waals surface area (Å²) in [5.41, 5.74) is 0. The molecule has 2 nitrogen and oxygen atoms in total. The summed E-state index contributed by atoms with van der Waals surface area (Å²) in [6.07, 6.45) is 1.73. The van der Waals surface area contributed by atoms with Gasteiger partial charge in [0.2, 0.25) is 0 Å². The second-order valence-corrected chi connectivity index (χ2v) is 3.74. The van der Waals surface area contributed by atoms with Gasteiger partial charge in [-0.25, -0.2) is 0 Å². The number of hydrogen-bond donors (Lipinski definition) is 0. The Kier molecular flexibility index (Phi) is 2.90. The van der Waals surface area contributed by atoms with Crippen molar-refractivity contribution in [3.63, 3.8) is 0 Å². The molecule has 0 radical (unpaired) electrons. The van der Waals surface area contributed by atoms with E-state index in [1.807, 2.05) is 0 Å². The molecule has 1 aliphatic heterocycles. The van der Waals surface area contributed by atoms with Crippen molar-refractivity contribution in [1.82, 2.24) is 0 Å². The highest BCUT2D eigenvalue weighted by Gasteiger charge is 2.26. The second kappa shape index (κ2) is 3.55. The number of ether oxygens (including phenoxy) is 2. The summed E-state index contributed by atoms with van der Waals surface area (Å²) in [6.45, 7) is 8.45. The Labute approximate surface area is 68.9 Å². The third-order valence-corrected chi connectivity index (χ3v) is 1.94. The van der Waals surface area contributed by atoms with Gasteiger partial charge in [-0.3, -0.25) is 0 Å². The quantitative estimate of drug-likeness (QED) is 0.582. The number of rotatable bonds is 1. The smallest absolute Gasteiger partial charge is 0.160 e. The summed E-state index contributed by atoms with van der Waals surface area (Å²) in [5, 5.41) is 0. The predicted molar refractivity (Wildman–Crippen MR) is 44.3 cm³/mol. The highest BCUT2D eigenvalue weighted by atomic mass is 16.7. The molecule has 2 heteroatoms. The summed E-state index contributed by atoms with van der Waals surface area (Å²) in [7, 11) is 0. The van der Waals surface area contributed by atoms with Gasteiger partial charge >= 0.3 is 0 Å². The molecule has 0 aliphatic carbocycles. The summed E-state index contributed by atoms with van der Waals surface area (Å²) < 4.78 is 11.2. The van der Waals surface area contributed by atoms with E-state index < -0.39 is 0 Å². The topological polar surface area (TPSA) is 18.5 Å². The molecule has 2 atom stereocenters. The summed E-state index contributed by atoms with van der Waals surface area (Å²) in [5.74, 6) is 0.459. The minimum absolute atomic E-state index is 0.00810. The molecule has 0 bridgehead atoms. The van der Waals surface area contributed by atoms with Crippen molar-refractivity contribution in [2.24, 2.45) is 5.92 Å². The van der Waals surface area contributed by atoms with Crippen LogP contribution >= 0.6 is 0 Å². The van der Waals surface area contributed by atoms with E-state index in [1.54, 1.807) is 0 Å². The first kappa shape index (κ1) is 9.01. The Morgan fingerprint density at radius 1 is 1.09 bits per heavy atom. The molecular formula is C9H18O2. The van der Waals surface area contributed by atoms with Crippen molar-refractivity contribution in [3.05, 3.63) is 0 Å². The maximum atomic E-state index is 5.60. The fraction of sp³-hybridized carbons (Fsp3) is 1.00. The lowest BCUT2D eigenvalue weighted by Gasteiger charge is -2.34. The lowest BCUT2D eigenvalue weighted by molar-refractivity contribution is -0.251. The molecule has 2 unspecified atom stereocenters. The zero-order valence-corrected chi connectivity index (χ0v) is 7.83. The molecule has 1 fully saturated rings. The van der Waals surface area contributed by atoms with Crippen LogP contribution in [-0.4, -0.2) is 18.5 Å². The molecule has 0 aromatic rings. The SMILES string of the molecule is CC1CC(C)OC(C(C)C)O1. The van der Waals surface area contributed by atoms with Crippen molar-refractivity contribution in [2.75, 3.05) is 0 Å². The van der Waals surface area contributed by atoms with Crippen molar-refractivity contribution < 1.29 is 9.47 Å². The van der Waals surface area contributed by atoms with Gasteiger partial charge in [0.15, 0.2) is 6.29 Å². The van der Waals surface area contributed by atoms with Crippen LogP contribution in [0.15, 0.2) is 0 Å². The highest BCUT2D eigenvalue weighted by molar-refractivity contribution is 4.67. The first-order chi connectivity index (χ1) is 5.09. The third kappa shape index (κ3) is 2.46. The van der Waals surface area contributed by atoms with E-state index in [1.165, 1.54) is 0 Å². The largest absolute Gasteiger partial charge is 0.349 e. The van der Waals surface area contributed by atoms with Crippen LogP contribution in [0.1, 0.15) is 34.1 Å².